The van der Waals surface area contributed by atoms with Crippen molar-refractivity contribution < 1.29 is 27.9 Å². The molecule has 0 unspecified atom stereocenters. The first-order valence-corrected chi connectivity index (χ1v) is 10.6. The Morgan fingerprint density at radius 3 is 2.70 bits per heavy atom. The van der Waals surface area contributed by atoms with Gasteiger partial charge in [-0.15, -0.1) is 0 Å². The minimum atomic E-state index is -3.28. The van der Waals surface area contributed by atoms with Crippen molar-refractivity contribution in [3.05, 3.63) is 34.9 Å². The molecule has 150 valence electrons. The van der Waals surface area contributed by atoms with Gasteiger partial charge < -0.3 is 20.0 Å². The molecule has 1 aromatic rings. The lowest BCUT2D eigenvalue weighted by Gasteiger charge is -2.26. The van der Waals surface area contributed by atoms with E-state index in [0.717, 1.165) is 23.1 Å². The Morgan fingerprint density at radius 2 is 2.07 bits per heavy atom. The number of rotatable bonds is 8. The van der Waals surface area contributed by atoms with Gasteiger partial charge in [-0.2, -0.15) is 0 Å². The predicted molar refractivity (Wildman–Crippen MR) is 102 cm³/mol. The van der Waals surface area contributed by atoms with Crippen LogP contribution in [0.3, 0.4) is 0 Å². The highest BCUT2D eigenvalue weighted by Crippen LogP contribution is 2.15. The fourth-order valence-corrected chi connectivity index (χ4v) is 4.73. The zero-order valence-corrected chi connectivity index (χ0v) is 16.5. The van der Waals surface area contributed by atoms with Gasteiger partial charge in [0.2, 0.25) is 15.9 Å². The van der Waals surface area contributed by atoms with Crippen LogP contribution in [0.15, 0.2) is 18.2 Å². The Kier molecular flexibility index (Phi) is 7.81. The van der Waals surface area contributed by atoms with E-state index < -0.39 is 29.5 Å². The van der Waals surface area contributed by atoms with Gasteiger partial charge in [0.25, 0.3) is 0 Å². The van der Waals surface area contributed by atoms with Crippen molar-refractivity contribution in [2.24, 2.45) is 0 Å². The van der Waals surface area contributed by atoms with Crippen molar-refractivity contribution in [3.63, 3.8) is 0 Å². The number of hydrogen-bond donors (Lipinski definition) is 3. The third-order valence-electron chi connectivity index (χ3n) is 4.55. The zero-order chi connectivity index (χ0) is 20.0. The van der Waals surface area contributed by atoms with Crippen molar-refractivity contribution in [2.75, 3.05) is 18.8 Å². The third-order valence-corrected chi connectivity index (χ3v) is 6.51. The number of sulfonamides is 1. The molecule has 1 aromatic carbocycles. The summed E-state index contributed by atoms with van der Waals surface area (Å²) >= 11 is 0. The molecule has 1 saturated heterocycles. The lowest BCUT2D eigenvalue weighted by Crippen LogP contribution is -2.44. The number of benzene rings is 1. The maximum atomic E-state index is 12.2. The molecule has 1 aliphatic heterocycles. The van der Waals surface area contributed by atoms with Gasteiger partial charge in [-0.25, -0.2) is 12.7 Å². The summed E-state index contributed by atoms with van der Waals surface area (Å²) in [6, 6.07) is 5.82. The summed E-state index contributed by atoms with van der Waals surface area (Å²) in [5.74, 6) is -0.296. The van der Waals surface area contributed by atoms with Gasteiger partial charge in [0, 0.05) is 25.9 Å². The van der Waals surface area contributed by atoms with Crippen LogP contribution in [0, 0.1) is 13.8 Å². The van der Waals surface area contributed by atoms with E-state index in [-0.39, 0.29) is 25.1 Å². The van der Waals surface area contributed by atoms with Crippen molar-refractivity contribution in [1.29, 1.82) is 0 Å². The number of amides is 1. The Hall–Kier alpha value is -1.46. The molecule has 1 heterocycles. The minimum Gasteiger partial charge on any atom is -0.402 e. The molecule has 1 atom stereocenters. The van der Waals surface area contributed by atoms with Crippen molar-refractivity contribution in [2.45, 2.75) is 45.8 Å². The molecule has 1 fully saturated rings. The van der Waals surface area contributed by atoms with E-state index >= 15 is 0 Å². The maximum Gasteiger partial charge on any atom is 0.635 e. The first-order valence-electron chi connectivity index (χ1n) is 9.02. The first-order chi connectivity index (χ1) is 12.7. The van der Waals surface area contributed by atoms with Gasteiger partial charge in [0.1, 0.15) is 6.23 Å². The van der Waals surface area contributed by atoms with Gasteiger partial charge in [-0.05, 0) is 37.8 Å². The molecular formula is C17H27BN2O6S. The fraction of sp³-hybridized carbons (Fsp3) is 0.588. The molecule has 2 rings (SSSR count). The van der Waals surface area contributed by atoms with Gasteiger partial charge >= 0.3 is 7.32 Å². The lowest BCUT2D eigenvalue weighted by molar-refractivity contribution is -0.124. The first kappa shape index (κ1) is 21.8. The van der Waals surface area contributed by atoms with Crippen molar-refractivity contribution in [1.82, 2.24) is 9.62 Å². The van der Waals surface area contributed by atoms with Gasteiger partial charge in [-0.1, -0.05) is 23.8 Å². The van der Waals surface area contributed by atoms with Crippen LogP contribution in [-0.4, -0.2) is 61.1 Å². The molecule has 10 heteroatoms. The molecule has 0 spiro atoms. The second-order valence-corrected chi connectivity index (χ2v) is 8.91. The molecule has 0 aromatic heterocycles. The van der Waals surface area contributed by atoms with E-state index in [1.54, 1.807) is 0 Å². The number of hydrogen-bond acceptors (Lipinski definition) is 6. The van der Waals surface area contributed by atoms with Crippen LogP contribution in [0.5, 0.6) is 0 Å². The molecule has 0 saturated carbocycles. The van der Waals surface area contributed by atoms with E-state index in [1.165, 1.54) is 4.31 Å². The minimum absolute atomic E-state index is 0.0203. The van der Waals surface area contributed by atoms with Crippen LogP contribution in [0.4, 0.5) is 0 Å². The number of nitrogens with zero attached hydrogens (tertiary/aromatic N) is 1. The summed E-state index contributed by atoms with van der Waals surface area (Å²) in [6.45, 7) is 4.43. The quantitative estimate of drug-likeness (QED) is 0.422. The molecule has 1 amide bonds. The van der Waals surface area contributed by atoms with E-state index in [2.05, 4.69) is 5.32 Å². The Balaban J connectivity index is 1.95. The summed E-state index contributed by atoms with van der Waals surface area (Å²) in [6.07, 6.45) is 0.739. The van der Waals surface area contributed by atoms with Gasteiger partial charge in [0.15, 0.2) is 0 Å². The zero-order valence-electron chi connectivity index (χ0n) is 15.7. The maximum absolute atomic E-state index is 12.2. The second kappa shape index (κ2) is 9.65. The standard InChI is InChI=1S/C17H27BN2O6S/c1-13-5-6-15(14(2)11-13)12-17(26-18(22)23)19-16(21)7-9-20-8-3-4-10-27(20,24)25/h5-6,11,17,22-23H,3-4,7-10,12H2,1-2H3,(H,19,21)/t17-/m1/s1. The molecule has 8 nitrogen and oxygen atoms in total. The van der Waals surface area contributed by atoms with E-state index in [0.29, 0.717) is 13.0 Å². The third kappa shape index (κ3) is 6.89. The average Bonchev–Trinajstić information content (AvgIpc) is 2.55. The topological polar surface area (TPSA) is 116 Å². The second-order valence-electron chi connectivity index (χ2n) is 6.82. The Morgan fingerprint density at radius 1 is 1.33 bits per heavy atom. The Bertz CT molecular complexity index is 756. The summed E-state index contributed by atoms with van der Waals surface area (Å²) in [4.78, 5) is 12.2. The molecule has 0 bridgehead atoms. The van der Waals surface area contributed by atoms with E-state index in [9.17, 15) is 13.2 Å². The Labute approximate surface area is 160 Å². The summed E-state index contributed by atoms with van der Waals surface area (Å²) in [7, 11) is -5.31. The average molecular weight is 398 g/mol. The molecule has 3 N–H and O–H groups in total. The highest BCUT2D eigenvalue weighted by molar-refractivity contribution is 7.89. The van der Waals surface area contributed by atoms with Crippen molar-refractivity contribution >= 4 is 23.3 Å². The monoisotopic (exact) mass is 398 g/mol. The van der Waals surface area contributed by atoms with E-state index in [4.69, 9.17) is 14.7 Å². The van der Waals surface area contributed by atoms with Gasteiger partial charge in [-0.3, -0.25) is 4.79 Å². The van der Waals surface area contributed by atoms with Crippen LogP contribution < -0.4 is 5.32 Å². The SMILES string of the molecule is Cc1ccc(C[C@H](NC(=O)CCN2CCCCS2(=O)=O)OB(O)O)c(C)c1. The summed E-state index contributed by atoms with van der Waals surface area (Å²) in [5, 5.41) is 20.9. The number of nitrogens with one attached hydrogen (secondary N) is 1. The summed E-state index contributed by atoms with van der Waals surface area (Å²) in [5.41, 5.74) is 3.01. The van der Waals surface area contributed by atoms with Gasteiger partial charge in [0.05, 0.1) is 5.75 Å². The number of aryl methyl sites for hydroxylation is 2. The fourth-order valence-electron chi connectivity index (χ4n) is 3.12. The molecule has 0 radical (unpaired) electrons. The molecule has 0 aliphatic carbocycles. The lowest BCUT2D eigenvalue weighted by atomic mass is 10.0. The van der Waals surface area contributed by atoms with Crippen LogP contribution in [0.2, 0.25) is 0 Å². The predicted octanol–water partition coefficient (Wildman–Crippen LogP) is 0.0900. The highest BCUT2D eigenvalue weighted by Gasteiger charge is 2.27. The van der Waals surface area contributed by atoms with E-state index in [1.807, 2.05) is 32.0 Å². The molecule has 1 aliphatic rings. The largest absolute Gasteiger partial charge is 0.635 e. The van der Waals surface area contributed by atoms with Crippen molar-refractivity contribution in [3.8, 4) is 0 Å². The molecule has 27 heavy (non-hydrogen) atoms. The van der Waals surface area contributed by atoms with Crippen LogP contribution in [-0.2, 0) is 25.9 Å². The number of carbonyl (C=O) groups excluding carboxylic acids is 1. The van der Waals surface area contributed by atoms with Crippen LogP contribution >= 0.6 is 0 Å². The highest BCUT2D eigenvalue weighted by atomic mass is 32.2. The molecular weight excluding hydrogens is 371 g/mol. The smallest absolute Gasteiger partial charge is 0.402 e. The normalized spacial score (nSPS) is 18.1. The summed E-state index contributed by atoms with van der Waals surface area (Å²) < 4.78 is 30.3. The van der Waals surface area contributed by atoms with Crippen LogP contribution in [0.1, 0.15) is 36.0 Å². The number of carbonyl (C=O) groups is 1. The van der Waals surface area contributed by atoms with Crippen LogP contribution in [0.25, 0.3) is 0 Å².